The fourth-order valence-corrected chi connectivity index (χ4v) is 5.48. The van der Waals surface area contributed by atoms with Crippen LogP contribution in [0, 0.1) is 0 Å². The summed E-state index contributed by atoms with van der Waals surface area (Å²) in [5, 5.41) is 18.1. The maximum Gasteiger partial charge on any atom is 0.243 e. The molecule has 3 heterocycles. The summed E-state index contributed by atoms with van der Waals surface area (Å²) in [6, 6.07) is 3.09. The van der Waals surface area contributed by atoms with Crippen molar-refractivity contribution in [3.8, 4) is 11.5 Å². The van der Waals surface area contributed by atoms with Gasteiger partial charge in [-0.2, -0.15) is 0 Å². The fraction of sp³-hybridized carbons (Fsp3) is 0.348. The molecule has 3 atom stereocenters. The smallest absolute Gasteiger partial charge is 0.243 e. The van der Waals surface area contributed by atoms with Gasteiger partial charge in [-0.15, -0.1) is 11.3 Å². The number of hydrogen-bond acceptors (Lipinski definition) is 9. The van der Waals surface area contributed by atoms with Gasteiger partial charge in [0.25, 0.3) is 0 Å². The molecule has 3 N–H and O–H groups in total. The molecule has 3 unspecified atom stereocenters. The van der Waals surface area contributed by atoms with Gasteiger partial charge in [0.05, 0.1) is 53.9 Å². The van der Waals surface area contributed by atoms with Crippen LogP contribution in [0.5, 0.6) is 11.5 Å². The van der Waals surface area contributed by atoms with E-state index < -0.39 is 6.10 Å². The lowest BCUT2D eigenvalue weighted by molar-refractivity contribution is -0.117. The summed E-state index contributed by atoms with van der Waals surface area (Å²) in [4.78, 5) is 20.7. The lowest BCUT2D eigenvalue weighted by Gasteiger charge is -2.32. The van der Waals surface area contributed by atoms with E-state index in [2.05, 4.69) is 27.2 Å². The Morgan fingerprint density at radius 2 is 2.00 bits per heavy atom. The number of aromatic nitrogens is 2. The molecule has 186 valence electrons. The Labute approximate surface area is 216 Å². The van der Waals surface area contributed by atoms with E-state index in [-0.39, 0.29) is 33.6 Å². The summed E-state index contributed by atoms with van der Waals surface area (Å²) < 4.78 is 17.0. The number of aliphatic hydroxyl groups is 1. The van der Waals surface area contributed by atoms with E-state index in [1.165, 1.54) is 31.6 Å². The SMILES string of the molecule is C=CC(=O)NC1CCOCC1Nc1cc2sc(C(O)c3c(Cl)c(OC)cc(OC)c3Cl)nc2cn1. The molecule has 0 saturated carbocycles. The van der Waals surface area contributed by atoms with Gasteiger partial charge in [0.15, 0.2) is 0 Å². The number of pyridine rings is 1. The number of methoxy groups -OCH3 is 2. The van der Waals surface area contributed by atoms with Crippen LogP contribution in [0.25, 0.3) is 10.2 Å². The molecule has 1 fully saturated rings. The van der Waals surface area contributed by atoms with Crippen molar-refractivity contribution in [1.29, 1.82) is 0 Å². The Morgan fingerprint density at radius 1 is 1.29 bits per heavy atom. The van der Waals surface area contributed by atoms with Crippen molar-refractivity contribution in [3.63, 3.8) is 0 Å². The molecule has 0 aliphatic carbocycles. The van der Waals surface area contributed by atoms with Crippen LogP contribution in [-0.2, 0) is 9.53 Å². The van der Waals surface area contributed by atoms with Gasteiger partial charge in [0, 0.05) is 18.2 Å². The van der Waals surface area contributed by atoms with Crippen LogP contribution < -0.4 is 20.1 Å². The van der Waals surface area contributed by atoms with Crippen LogP contribution in [0.3, 0.4) is 0 Å². The van der Waals surface area contributed by atoms with Gasteiger partial charge >= 0.3 is 0 Å². The molecule has 4 rings (SSSR count). The molecule has 0 radical (unpaired) electrons. The average Bonchev–Trinajstić information content (AvgIpc) is 3.29. The number of carbonyl (C=O) groups is 1. The van der Waals surface area contributed by atoms with Crippen LogP contribution >= 0.6 is 34.5 Å². The summed E-state index contributed by atoms with van der Waals surface area (Å²) >= 11 is 14.2. The molecular formula is C23H24Cl2N4O5S. The summed E-state index contributed by atoms with van der Waals surface area (Å²) in [6.45, 7) is 4.48. The Morgan fingerprint density at radius 3 is 2.66 bits per heavy atom. The minimum Gasteiger partial charge on any atom is -0.495 e. The highest BCUT2D eigenvalue weighted by Crippen LogP contribution is 2.45. The Balaban J connectivity index is 1.61. The molecule has 1 amide bonds. The quantitative estimate of drug-likeness (QED) is 0.369. The molecule has 3 aromatic rings. The zero-order valence-electron chi connectivity index (χ0n) is 19.0. The molecule has 2 aromatic heterocycles. The van der Waals surface area contributed by atoms with E-state index in [0.29, 0.717) is 47.5 Å². The zero-order chi connectivity index (χ0) is 25.1. The maximum absolute atomic E-state index is 11.8. The van der Waals surface area contributed by atoms with Gasteiger partial charge in [-0.3, -0.25) is 4.79 Å². The van der Waals surface area contributed by atoms with Gasteiger partial charge in [0.1, 0.15) is 33.9 Å². The lowest BCUT2D eigenvalue weighted by atomic mass is 10.0. The fourth-order valence-electron chi connectivity index (χ4n) is 3.80. The minimum absolute atomic E-state index is 0.127. The van der Waals surface area contributed by atoms with E-state index in [9.17, 15) is 9.90 Å². The van der Waals surface area contributed by atoms with Crippen LogP contribution in [0.15, 0.2) is 31.0 Å². The van der Waals surface area contributed by atoms with Crippen LogP contribution in [0.4, 0.5) is 5.82 Å². The first-order valence-electron chi connectivity index (χ1n) is 10.7. The third-order valence-corrected chi connectivity index (χ3v) is 7.46. The van der Waals surface area contributed by atoms with Gasteiger partial charge in [-0.25, -0.2) is 9.97 Å². The number of carbonyl (C=O) groups excluding carboxylic acids is 1. The summed E-state index contributed by atoms with van der Waals surface area (Å²) in [5.41, 5.74) is 0.850. The maximum atomic E-state index is 11.8. The van der Waals surface area contributed by atoms with E-state index in [1.54, 1.807) is 12.3 Å². The van der Waals surface area contributed by atoms with Crippen molar-refractivity contribution in [2.45, 2.75) is 24.6 Å². The predicted octanol–water partition coefficient (Wildman–Crippen LogP) is 3.97. The number of amides is 1. The largest absolute Gasteiger partial charge is 0.495 e. The lowest BCUT2D eigenvalue weighted by Crippen LogP contribution is -2.52. The van der Waals surface area contributed by atoms with E-state index in [0.717, 1.165) is 4.70 Å². The number of nitrogens with zero attached hydrogens (tertiary/aromatic N) is 2. The summed E-state index contributed by atoms with van der Waals surface area (Å²) in [6.07, 6.45) is 2.32. The Hall–Kier alpha value is -2.63. The highest BCUT2D eigenvalue weighted by Gasteiger charge is 2.28. The third-order valence-electron chi connectivity index (χ3n) is 5.61. The number of hydrogen-bond donors (Lipinski definition) is 3. The van der Waals surface area contributed by atoms with Crippen molar-refractivity contribution in [3.05, 3.63) is 51.6 Å². The number of fused-ring (bicyclic) bond motifs is 1. The number of ether oxygens (including phenoxy) is 3. The van der Waals surface area contributed by atoms with E-state index >= 15 is 0 Å². The second kappa shape index (κ2) is 11.0. The van der Waals surface area contributed by atoms with Crippen molar-refractivity contribution in [2.75, 3.05) is 32.8 Å². The van der Waals surface area contributed by atoms with Crippen molar-refractivity contribution < 1.29 is 24.1 Å². The number of thiazole rings is 1. The normalized spacial score (nSPS) is 18.7. The number of aliphatic hydroxyl groups excluding tert-OH is 1. The molecule has 1 saturated heterocycles. The van der Waals surface area contributed by atoms with Crippen LogP contribution in [0.1, 0.15) is 23.1 Å². The second-order valence-corrected chi connectivity index (χ2v) is 9.57. The second-order valence-electron chi connectivity index (χ2n) is 7.75. The Kier molecular flexibility index (Phi) is 7.98. The predicted molar refractivity (Wildman–Crippen MR) is 136 cm³/mol. The van der Waals surface area contributed by atoms with Gasteiger partial charge < -0.3 is 30.0 Å². The molecule has 1 aliphatic rings. The van der Waals surface area contributed by atoms with Gasteiger partial charge in [0.2, 0.25) is 5.91 Å². The molecule has 9 nitrogen and oxygen atoms in total. The average molecular weight is 539 g/mol. The number of nitrogens with one attached hydrogen (secondary N) is 2. The molecule has 12 heteroatoms. The van der Waals surface area contributed by atoms with Crippen LogP contribution in [-0.4, -0.2) is 60.5 Å². The highest BCUT2D eigenvalue weighted by atomic mass is 35.5. The molecule has 0 bridgehead atoms. The summed E-state index contributed by atoms with van der Waals surface area (Å²) in [5.74, 6) is 1.00. The third kappa shape index (κ3) is 5.31. The molecule has 35 heavy (non-hydrogen) atoms. The molecule has 0 spiro atoms. The van der Waals surface area contributed by atoms with Crippen molar-refractivity contribution in [1.82, 2.24) is 15.3 Å². The highest BCUT2D eigenvalue weighted by molar-refractivity contribution is 7.18. The first-order chi connectivity index (χ1) is 16.9. The monoisotopic (exact) mass is 538 g/mol. The van der Waals surface area contributed by atoms with Crippen LogP contribution in [0.2, 0.25) is 10.0 Å². The number of anilines is 1. The number of benzene rings is 1. The number of rotatable bonds is 8. The topological polar surface area (TPSA) is 115 Å². The number of halogens is 2. The van der Waals surface area contributed by atoms with Gasteiger partial charge in [-0.1, -0.05) is 29.8 Å². The Bertz CT molecular complexity index is 1230. The minimum atomic E-state index is -1.21. The molecule has 1 aromatic carbocycles. The zero-order valence-corrected chi connectivity index (χ0v) is 21.3. The molecular weight excluding hydrogens is 515 g/mol. The standard InChI is InChI=1S/C23H24Cl2N4O5S/c1-4-18(30)28-11-5-6-34-10-13(11)27-17-8-16-12(9-26-17)29-23(35-16)22(31)19-20(24)14(32-2)7-15(33-3)21(19)25/h4,7-9,11,13,22,31H,1,5-6,10H2,2-3H3,(H,26,27)(H,28,30). The summed E-state index contributed by atoms with van der Waals surface area (Å²) in [7, 11) is 2.93. The molecule has 1 aliphatic heterocycles. The first kappa shape index (κ1) is 25.5. The van der Waals surface area contributed by atoms with E-state index in [1.807, 2.05) is 6.07 Å². The van der Waals surface area contributed by atoms with Gasteiger partial charge in [-0.05, 0) is 18.6 Å². The van der Waals surface area contributed by atoms with E-state index in [4.69, 9.17) is 37.4 Å². The first-order valence-corrected chi connectivity index (χ1v) is 12.2. The van der Waals surface area contributed by atoms with Crippen molar-refractivity contribution >= 4 is 56.5 Å². The van der Waals surface area contributed by atoms with Crippen molar-refractivity contribution in [2.24, 2.45) is 0 Å².